The van der Waals surface area contributed by atoms with Crippen LogP contribution < -0.4 is 5.32 Å². The van der Waals surface area contributed by atoms with Gasteiger partial charge in [-0.15, -0.1) is 0 Å². The van der Waals surface area contributed by atoms with Crippen molar-refractivity contribution in [1.82, 2.24) is 24.5 Å². The van der Waals surface area contributed by atoms with Gasteiger partial charge in [-0.05, 0) is 43.7 Å². The van der Waals surface area contributed by atoms with Crippen LogP contribution in [0.15, 0.2) is 73.2 Å². The molecule has 8 heteroatoms. The summed E-state index contributed by atoms with van der Waals surface area (Å²) in [6, 6.07) is 17.1. The number of halogens is 1. The number of benzene rings is 2. The maximum atomic E-state index is 13.4. The van der Waals surface area contributed by atoms with Crippen LogP contribution in [-0.4, -0.2) is 30.5 Å². The molecule has 3 aromatic heterocycles. The monoisotopic (exact) mass is 470 g/mol. The van der Waals surface area contributed by atoms with Crippen molar-refractivity contribution in [3.63, 3.8) is 0 Å². The Labute approximate surface area is 202 Å². The van der Waals surface area contributed by atoms with Gasteiger partial charge in [0.25, 0.3) is 5.91 Å². The number of nitrogens with one attached hydrogen (secondary N) is 1. The first-order valence-electron chi connectivity index (χ1n) is 11.0. The lowest BCUT2D eigenvalue weighted by atomic mass is 10.0. The topological polar surface area (TPSA) is 77.6 Å². The highest BCUT2D eigenvalue weighted by atomic mass is 35.5. The fourth-order valence-electron chi connectivity index (χ4n) is 4.01. The second kappa shape index (κ2) is 9.11. The number of hydrogen-bond donors (Lipinski definition) is 1. The number of pyridine rings is 1. The zero-order chi connectivity index (χ0) is 23.7. The minimum Gasteiger partial charge on any atom is -0.319 e. The van der Waals surface area contributed by atoms with Gasteiger partial charge in [-0.25, -0.2) is 4.98 Å². The molecular weight excluding hydrogens is 448 g/mol. The maximum absolute atomic E-state index is 13.4. The van der Waals surface area contributed by atoms with Gasteiger partial charge in [0, 0.05) is 34.4 Å². The molecule has 1 N–H and O–H groups in total. The van der Waals surface area contributed by atoms with Gasteiger partial charge in [0.15, 0.2) is 0 Å². The molecule has 5 rings (SSSR count). The van der Waals surface area contributed by atoms with Crippen LogP contribution >= 0.6 is 11.6 Å². The van der Waals surface area contributed by atoms with Crippen LogP contribution in [0.25, 0.3) is 22.2 Å². The Morgan fingerprint density at radius 1 is 1.06 bits per heavy atom. The first-order valence-corrected chi connectivity index (χ1v) is 11.4. The molecule has 7 nitrogen and oxygen atoms in total. The first-order chi connectivity index (χ1) is 16.5. The molecule has 34 heavy (non-hydrogen) atoms. The van der Waals surface area contributed by atoms with E-state index >= 15 is 0 Å². The smallest absolute Gasteiger partial charge is 0.256 e. The molecule has 0 aliphatic carbocycles. The zero-order valence-electron chi connectivity index (χ0n) is 18.9. The summed E-state index contributed by atoms with van der Waals surface area (Å²) in [5.41, 5.74) is 5.65. The van der Waals surface area contributed by atoms with Gasteiger partial charge in [0.1, 0.15) is 0 Å². The van der Waals surface area contributed by atoms with Gasteiger partial charge in [-0.3, -0.25) is 14.2 Å². The Balaban J connectivity index is 1.44. The third kappa shape index (κ3) is 4.30. The number of amides is 1. The average Bonchev–Trinajstić information content (AvgIpc) is 3.45. The molecule has 170 valence electrons. The lowest BCUT2D eigenvalue weighted by Crippen LogP contribution is -2.13. The molecule has 0 saturated carbocycles. The summed E-state index contributed by atoms with van der Waals surface area (Å²) in [4.78, 5) is 18.2. The van der Waals surface area contributed by atoms with Crippen molar-refractivity contribution >= 4 is 34.1 Å². The third-order valence-corrected chi connectivity index (χ3v) is 6.04. The van der Waals surface area contributed by atoms with Gasteiger partial charge in [-0.1, -0.05) is 41.9 Å². The number of para-hydroxylation sites is 1. The molecule has 3 heterocycles. The number of hydrogen-bond acceptors (Lipinski definition) is 4. The summed E-state index contributed by atoms with van der Waals surface area (Å²) in [7, 11) is 0. The van der Waals surface area contributed by atoms with Crippen molar-refractivity contribution < 1.29 is 4.79 Å². The van der Waals surface area contributed by atoms with Crippen LogP contribution in [0.1, 0.15) is 28.5 Å². The van der Waals surface area contributed by atoms with Gasteiger partial charge >= 0.3 is 0 Å². The second-order valence-corrected chi connectivity index (χ2v) is 8.48. The van der Waals surface area contributed by atoms with E-state index in [1.54, 1.807) is 17.1 Å². The highest BCUT2D eigenvalue weighted by molar-refractivity contribution is 6.30. The zero-order valence-corrected chi connectivity index (χ0v) is 19.6. The van der Waals surface area contributed by atoms with Crippen molar-refractivity contribution in [2.45, 2.75) is 26.9 Å². The van der Waals surface area contributed by atoms with Crippen LogP contribution in [0.5, 0.6) is 0 Å². The van der Waals surface area contributed by atoms with Crippen molar-refractivity contribution in [3.05, 3.63) is 95.0 Å². The van der Waals surface area contributed by atoms with Crippen molar-refractivity contribution in [1.29, 1.82) is 0 Å². The van der Waals surface area contributed by atoms with Crippen LogP contribution in [0.3, 0.4) is 0 Å². The Morgan fingerprint density at radius 3 is 2.62 bits per heavy atom. The van der Waals surface area contributed by atoms with E-state index in [0.29, 0.717) is 22.8 Å². The minimum atomic E-state index is -0.216. The number of anilines is 1. The van der Waals surface area contributed by atoms with E-state index in [1.165, 1.54) is 0 Å². The molecule has 0 aliphatic heterocycles. The fourth-order valence-corrected chi connectivity index (χ4v) is 4.13. The molecule has 0 bridgehead atoms. The van der Waals surface area contributed by atoms with Crippen molar-refractivity contribution in [2.75, 3.05) is 5.32 Å². The van der Waals surface area contributed by atoms with E-state index in [9.17, 15) is 4.79 Å². The SMILES string of the molecule is CCn1ncc(-c2cc(C(=O)Nc3cnn(Cc4ccc(Cl)cc4)c3)c3ccccc3n2)c1C. The minimum absolute atomic E-state index is 0.216. The first kappa shape index (κ1) is 21.9. The highest BCUT2D eigenvalue weighted by Crippen LogP contribution is 2.27. The predicted molar refractivity (Wildman–Crippen MR) is 134 cm³/mol. The van der Waals surface area contributed by atoms with E-state index in [0.717, 1.165) is 40.0 Å². The molecule has 0 radical (unpaired) electrons. The Hall–Kier alpha value is -3.97. The van der Waals surface area contributed by atoms with Gasteiger partial charge < -0.3 is 5.32 Å². The van der Waals surface area contributed by atoms with Crippen LogP contribution in [0, 0.1) is 6.92 Å². The molecular formula is C26H23ClN6O. The second-order valence-electron chi connectivity index (χ2n) is 8.04. The van der Waals surface area contributed by atoms with Crippen molar-refractivity contribution in [2.24, 2.45) is 0 Å². The van der Waals surface area contributed by atoms with E-state index in [2.05, 4.69) is 15.5 Å². The summed E-state index contributed by atoms with van der Waals surface area (Å²) >= 11 is 5.96. The molecule has 0 aliphatic rings. The van der Waals surface area contributed by atoms with Gasteiger partial charge in [0.05, 0.1) is 41.4 Å². The summed E-state index contributed by atoms with van der Waals surface area (Å²) in [5, 5.41) is 13.3. The van der Waals surface area contributed by atoms with E-state index in [1.807, 2.05) is 79.3 Å². The summed E-state index contributed by atoms with van der Waals surface area (Å²) in [6.45, 7) is 5.41. The number of carbonyl (C=O) groups excluding carboxylic acids is 1. The number of rotatable bonds is 6. The molecule has 0 saturated heterocycles. The largest absolute Gasteiger partial charge is 0.319 e. The molecule has 0 unspecified atom stereocenters. The summed E-state index contributed by atoms with van der Waals surface area (Å²) in [6.07, 6.45) is 5.26. The normalized spacial score (nSPS) is 11.1. The third-order valence-electron chi connectivity index (χ3n) is 5.79. The molecule has 0 spiro atoms. The van der Waals surface area contributed by atoms with E-state index in [-0.39, 0.29) is 5.91 Å². The lowest BCUT2D eigenvalue weighted by Gasteiger charge is -2.10. The number of aromatic nitrogens is 5. The highest BCUT2D eigenvalue weighted by Gasteiger charge is 2.17. The molecule has 0 fully saturated rings. The number of aryl methyl sites for hydroxylation is 1. The molecule has 1 amide bonds. The molecule has 2 aromatic carbocycles. The summed E-state index contributed by atoms with van der Waals surface area (Å²) < 4.78 is 3.69. The molecule has 5 aromatic rings. The maximum Gasteiger partial charge on any atom is 0.256 e. The Morgan fingerprint density at radius 2 is 1.85 bits per heavy atom. The Bertz CT molecular complexity index is 1490. The van der Waals surface area contributed by atoms with Crippen LogP contribution in [0.2, 0.25) is 5.02 Å². The number of carbonyl (C=O) groups is 1. The quantitative estimate of drug-likeness (QED) is 0.351. The Kier molecular flexibility index (Phi) is 5.86. The van der Waals surface area contributed by atoms with E-state index < -0.39 is 0 Å². The lowest BCUT2D eigenvalue weighted by molar-refractivity contribution is 0.102. The van der Waals surface area contributed by atoms with Crippen molar-refractivity contribution in [3.8, 4) is 11.3 Å². The fraction of sp³-hybridized carbons (Fsp3) is 0.154. The predicted octanol–water partition coefficient (Wildman–Crippen LogP) is 5.58. The van der Waals surface area contributed by atoms with Gasteiger partial charge in [0.2, 0.25) is 0 Å². The average molecular weight is 471 g/mol. The standard InChI is InChI=1S/C26H23ClN6O/c1-3-33-17(2)23(14-29-33)25-12-22(21-6-4-5-7-24(21)31-25)26(34)30-20-13-28-32(16-20)15-18-8-10-19(27)11-9-18/h4-14,16H,3,15H2,1-2H3,(H,30,34). The van der Waals surface area contributed by atoms with Crippen LogP contribution in [-0.2, 0) is 13.1 Å². The van der Waals surface area contributed by atoms with E-state index in [4.69, 9.17) is 16.6 Å². The number of fused-ring (bicyclic) bond motifs is 1. The summed E-state index contributed by atoms with van der Waals surface area (Å²) in [5.74, 6) is -0.216. The molecule has 0 atom stereocenters. The van der Waals surface area contributed by atoms with Gasteiger partial charge in [-0.2, -0.15) is 10.2 Å². The number of nitrogens with zero attached hydrogens (tertiary/aromatic N) is 5. The van der Waals surface area contributed by atoms with Crippen LogP contribution in [0.4, 0.5) is 5.69 Å².